The number of halogens is 1. The molecule has 0 fully saturated rings. The molecule has 2 aromatic carbocycles. The Morgan fingerprint density at radius 2 is 1.76 bits per heavy atom. The maximum Gasteiger partial charge on any atom is 0.249 e. The van der Waals surface area contributed by atoms with Gasteiger partial charge in [0.2, 0.25) is 11.9 Å². The summed E-state index contributed by atoms with van der Waals surface area (Å²) in [4.78, 5) is 15.4. The van der Waals surface area contributed by atoms with Crippen LogP contribution in [0.15, 0.2) is 54.7 Å². The van der Waals surface area contributed by atoms with Gasteiger partial charge < -0.3 is 16.0 Å². The molecule has 126 valence electrons. The van der Waals surface area contributed by atoms with Crippen molar-refractivity contribution in [3.63, 3.8) is 0 Å². The minimum Gasteiger partial charge on any atom is -0.339 e. The molecule has 8 heteroatoms. The summed E-state index contributed by atoms with van der Waals surface area (Å²) in [5.41, 5.74) is 2.30. The zero-order chi connectivity index (χ0) is 17.6. The smallest absolute Gasteiger partial charge is 0.249 e. The second-order valence-electron chi connectivity index (χ2n) is 5.18. The van der Waals surface area contributed by atoms with Gasteiger partial charge in [-0.25, -0.2) is 0 Å². The number of hydrogen-bond donors (Lipinski definition) is 3. The van der Waals surface area contributed by atoms with E-state index < -0.39 is 0 Å². The number of aromatic nitrogens is 3. The highest BCUT2D eigenvalue weighted by Crippen LogP contribution is 2.20. The molecule has 25 heavy (non-hydrogen) atoms. The topological polar surface area (TPSA) is 91.8 Å². The quantitative estimate of drug-likeness (QED) is 0.642. The van der Waals surface area contributed by atoms with Crippen molar-refractivity contribution in [2.45, 2.75) is 6.92 Å². The normalized spacial score (nSPS) is 10.2. The van der Waals surface area contributed by atoms with Gasteiger partial charge in [0.25, 0.3) is 0 Å². The number of carbonyl (C=O) groups is 1. The van der Waals surface area contributed by atoms with E-state index in [9.17, 15) is 4.79 Å². The van der Waals surface area contributed by atoms with E-state index in [-0.39, 0.29) is 5.91 Å². The number of benzene rings is 2. The van der Waals surface area contributed by atoms with Crippen LogP contribution in [0.25, 0.3) is 0 Å². The fourth-order valence-corrected chi connectivity index (χ4v) is 2.29. The number of hydrogen-bond acceptors (Lipinski definition) is 6. The summed E-state index contributed by atoms with van der Waals surface area (Å²) in [5.74, 6) is 0.770. The third-order valence-electron chi connectivity index (χ3n) is 3.12. The summed E-state index contributed by atoms with van der Waals surface area (Å²) < 4.78 is 0. The van der Waals surface area contributed by atoms with Crippen LogP contribution >= 0.6 is 11.6 Å². The number of anilines is 5. The van der Waals surface area contributed by atoms with Crippen LogP contribution in [0.4, 0.5) is 28.8 Å². The summed E-state index contributed by atoms with van der Waals surface area (Å²) in [6, 6.07) is 14.5. The van der Waals surface area contributed by atoms with Crippen molar-refractivity contribution in [2.24, 2.45) is 0 Å². The molecular formula is C17H15ClN6O. The zero-order valence-electron chi connectivity index (χ0n) is 13.3. The monoisotopic (exact) mass is 354 g/mol. The number of nitrogens with one attached hydrogen (secondary N) is 3. The molecule has 1 aromatic heterocycles. The maximum absolute atomic E-state index is 11.0. The molecule has 0 atom stereocenters. The number of rotatable bonds is 5. The minimum atomic E-state index is -0.113. The highest BCUT2D eigenvalue weighted by Gasteiger charge is 2.03. The fraction of sp³-hybridized carbons (Fsp3) is 0.0588. The van der Waals surface area contributed by atoms with Crippen molar-refractivity contribution in [3.8, 4) is 0 Å². The molecule has 0 saturated heterocycles. The molecule has 0 spiro atoms. The van der Waals surface area contributed by atoms with Gasteiger partial charge in [-0.15, -0.1) is 5.10 Å². The van der Waals surface area contributed by atoms with Crippen LogP contribution in [0.2, 0.25) is 5.02 Å². The molecule has 0 aliphatic carbocycles. The van der Waals surface area contributed by atoms with Gasteiger partial charge in [0.15, 0.2) is 5.82 Å². The van der Waals surface area contributed by atoms with Crippen LogP contribution in [0.5, 0.6) is 0 Å². The molecule has 3 N–H and O–H groups in total. The van der Waals surface area contributed by atoms with E-state index in [1.54, 1.807) is 24.3 Å². The lowest BCUT2D eigenvalue weighted by Gasteiger charge is -2.09. The highest BCUT2D eigenvalue weighted by molar-refractivity contribution is 6.30. The molecule has 0 bridgehead atoms. The summed E-state index contributed by atoms with van der Waals surface area (Å²) in [5, 5.41) is 17.4. The maximum atomic E-state index is 11.0. The Bertz CT molecular complexity index is 884. The second-order valence-corrected chi connectivity index (χ2v) is 5.62. The van der Waals surface area contributed by atoms with Crippen molar-refractivity contribution < 1.29 is 4.79 Å². The van der Waals surface area contributed by atoms with E-state index in [1.165, 1.54) is 13.1 Å². The molecule has 0 radical (unpaired) electrons. The van der Waals surface area contributed by atoms with E-state index in [1.807, 2.05) is 24.3 Å². The summed E-state index contributed by atoms with van der Waals surface area (Å²) in [6.45, 7) is 1.47. The largest absolute Gasteiger partial charge is 0.339 e. The Balaban J connectivity index is 1.70. The fourth-order valence-electron chi connectivity index (χ4n) is 2.10. The Morgan fingerprint density at radius 1 is 1.00 bits per heavy atom. The third kappa shape index (κ3) is 4.89. The summed E-state index contributed by atoms with van der Waals surface area (Å²) in [7, 11) is 0. The number of amides is 1. The lowest BCUT2D eigenvalue weighted by molar-refractivity contribution is -0.114. The molecule has 3 rings (SSSR count). The predicted molar refractivity (Wildman–Crippen MR) is 98.6 cm³/mol. The predicted octanol–water partition coefficient (Wildman–Crippen LogP) is 3.97. The van der Waals surface area contributed by atoms with Gasteiger partial charge in [0, 0.05) is 29.0 Å². The van der Waals surface area contributed by atoms with Gasteiger partial charge in [-0.2, -0.15) is 10.1 Å². The van der Waals surface area contributed by atoms with Crippen LogP contribution in [0.3, 0.4) is 0 Å². The van der Waals surface area contributed by atoms with Crippen LogP contribution < -0.4 is 16.0 Å². The molecule has 7 nitrogen and oxygen atoms in total. The van der Waals surface area contributed by atoms with Crippen LogP contribution in [-0.2, 0) is 4.79 Å². The Hall–Kier alpha value is -3.19. The number of carbonyl (C=O) groups excluding carboxylic acids is 1. The third-order valence-corrected chi connectivity index (χ3v) is 3.35. The first-order valence-electron chi connectivity index (χ1n) is 7.45. The molecule has 0 saturated carbocycles. The lowest BCUT2D eigenvalue weighted by Crippen LogP contribution is -2.05. The molecule has 1 heterocycles. The first-order chi connectivity index (χ1) is 12.1. The zero-order valence-corrected chi connectivity index (χ0v) is 14.1. The van der Waals surface area contributed by atoms with Crippen LogP contribution in [0.1, 0.15) is 6.92 Å². The van der Waals surface area contributed by atoms with Crippen molar-refractivity contribution in [3.05, 3.63) is 59.8 Å². The van der Waals surface area contributed by atoms with Crippen molar-refractivity contribution in [1.29, 1.82) is 0 Å². The molecule has 1 amide bonds. The summed E-state index contributed by atoms with van der Waals surface area (Å²) in [6.07, 6.45) is 1.52. The van der Waals surface area contributed by atoms with Crippen molar-refractivity contribution >= 4 is 46.3 Å². The van der Waals surface area contributed by atoms with Crippen molar-refractivity contribution in [2.75, 3.05) is 16.0 Å². The van der Waals surface area contributed by atoms with E-state index >= 15 is 0 Å². The highest BCUT2D eigenvalue weighted by atomic mass is 35.5. The van der Waals surface area contributed by atoms with Gasteiger partial charge in [0.1, 0.15) is 0 Å². The average molecular weight is 355 g/mol. The second kappa shape index (κ2) is 7.59. The molecule has 0 aliphatic rings. The van der Waals surface area contributed by atoms with Gasteiger partial charge in [0.05, 0.1) is 6.20 Å². The Labute approximate surface area is 149 Å². The first-order valence-corrected chi connectivity index (χ1v) is 7.83. The standard InChI is InChI=1S/C17H15ClN6O/c1-11(25)20-13-5-7-14(8-6-13)21-16-10-19-24-17(23-16)22-15-4-2-3-12(18)9-15/h2-10H,1H3,(H,20,25)(H2,21,22,23,24). The first kappa shape index (κ1) is 16.7. The average Bonchev–Trinajstić information content (AvgIpc) is 2.57. The van der Waals surface area contributed by atoms with Gasteiger partial charge in [-0.1, -0.05) is 17.7 Å². The molecule has 0 aliphatic heterocycles. The summed E-state index contributed by atoms with van der Waals surface area (Å²) >= 11 is 5.96. The number of nitrogens with zero attached hydrogens (tertiary/aromatic N) is 3. The van der Waals surface area contributed by atoms with E-state index in [0.29, 0.717) is 16.8 Å². The van der Waals surface area contributed by atoms with Crippen LogP contribution in [-0.4, -0.2) is 21.1 Å². The van der Waals surface area contributed by atoms with Gasteiger partial charge in [-0.05, 0) is 42.5 Å². The Morgan fingerprint density at radius 3 is 2.48 bits per heavy atom. The van der Waals surface area contributed by atoms with Gasteiger partial charge >= 0.3 is 0 Å². The van der Waals surface area contributed by atoms with E-state index in [2.05, 4.69) is 31.1 Å². The Kier molecular flexibility index (Phi) is 5.06. The van der Waals surface area contributed by atoms with Crippen molar-refractivity contribution in [1.82, 2.24) is 15.2 Å². The lowest BCUT2D eigenvalue weighted by atomic mass is 10.3. The SMILES string of the molecule is CC(=O)Nc1ccc(Nc2cnnc(Nc3cccc(Cl)c3)n2)cc1. The minimum absolute atomic E-state index is 0.113. The molecular weight excluding hydrogens is 340 g/mol. The van der Waals surface area contributed by atoms with Crippen LogP contribution in [0, 0.1) is 0 Å². The van der Waals surface area contributed by atoms with E-state index in [0.717, 1.165) is 17.1 Å². The van der Waals surface area contributed by atoms with E-state index in [4.69, 9.17) is 11.6 Å². The molecule has 3 aromatic rings. The van der Waals surface area contributed by atoms with Gasteiger partial charge in [-0.3, -0.25) is 4.79 Å². The molecule has 0 unspecified atom stereocenters.